The van der Waals surface area contributed by atoms with Crippen molar-refractivity contribution in [1.29, 1.82) is 0 Å². The Kier molecular flexibility index (Phi) is 4.85. The summed E-state index contributed by atoms with van der Waals surface area (Å²) in [5, 5.41) is 7.65. The minimum Gasteiger partial charge on any atom is -0.384 e. The van der Waals surface area contributed by atoms with E-state index in [1.807, 2.05) is 0 Å². The number of hydrogen-bond donors (Lipinski definition) is 1. The highest BCUT2D eigenvalue weighted by molar-refractivity contribution is 7.08. The van der Waals surface area contributed by atoms with Gasteiger partial charge in [-0.25, -0.2) is 0 Å². The largest absolute Gasteiger partial charge is 0.384 e. The molecule has 0 aromatic carbocycles. The molecule has 12 heavy (non-hydrogen) atoms. The summed E-state index contributed by atoms with van der Waals surface area (Å²) in [6, 6.07) is 2.13. The van der Waals surface area contributed by atoms with E-state index in [9.17, 15) is 0 Å². The van der Waals surface area contributed by atoms with Crippen LogP contribution in [0.25, 0.3) is 0 Å². The van der Waals surface area contributed by atoms with Gasteiger partial charge in [0.1, 0.15) is 0 Å². The quantitative estimate of drug-likeness (QED) is 0.662. The Morgan fingerprint density at radius 3 is 2.92 bits per heavy atom. The van der Waals surface area contributed by atoms with E-state index in [1.165, 1.54) is 31.4 Å². The standard InChI is InChI=1S/C10H17NS/c1-2-3-4-5-7-11-10-6-8-12-9-10/h6,8-9,11H,2-5,7H2,1H3. The number of hydrogen-bond acceptors (Lipinski definition) is 2. The zero-order valence-electron chi connectivity index (χ0n) is 7.68. The molecule has 1 nitrogen and oxygen atoms in total. The van der Waals surface area contributed by atoms with E-state index in [2.05, 4.69) is 29.1 Å². The summed E-state index contributed by atoms with van der Waals surface area (Å²) in [6.07, 6.45) is 5.33. The van der Waals surface area contributed by atoms with Crippen LogP contribution in [-0.4, -0.2) is 6.54 Å². The minimum absolute atomic E-state index is 1.12. The van der Waals surface area contributed by atoms with Crippen LogP contribution in [0.1, 0.15) is 32.6 Å². The first-order valence-corrected chi connectivity index (χ1v) is 5.64. The maximum atomic E-state index is 3.39. The Labute approximate surface area is 78.8 Å². The SMILES string of the molecule is CCCCCCNc1ccsc1. The molecule has 0 radical (unpaired) electrons. The average molecular weight is 183 g/mol. The molecule has 0 fully saturated rings. The van der Waals surface area contributed by atoms with Gasteiger partial charge in [-0.2, -0.15) is 11.3 Å². The Morgan fingerprint density at radius 1 is 1.33 bits per heavy atom. The van der Waals surface area contributed by atoms with Gasteiger partial charge in [-0.1, -0.05) is 26.2 Å². The van der Waals surface area contributed by atoms with Crippen LogP contribution in [0.3, 0.4) is 0 Å². The summed E-state index contributed by atoms with van der Waals surface area (Å²) in [6.45, 7) is 3.36. The van der Waals surface area contributed by atoms with Crippen LogP contribution in [-0.2, 0) is 0 Å². The van der Waals surface area contributed by atoms with E-state index in [0.717, 1.165) is 6.54 Å². The second kappa shape index (κ2) is 6.06. The van der Waals surface area contributed by atoms with Gasteiger partial charge >= 0.3 is 0 Å². The molecule has 68 valence electrons. The van der Waals surface area contributed by atoms with Gasteiger partial charge in [0.15, 0.2) is 0 Å². The lowest BCUT2D eigenvalue weighted by Gasteiger charge is -2.02. The topological polar surface area (TPSA) is 12.0 Å². The summed E-state index contributed by atoms with van der Waals surface area (Å²) in [5.74, 6) is 0. The van der Waals surface area contributed by atoms with Crippen LogP contribution >= 0.6 is 11.3 Å². The maximum absolute atomic E-state index is 3.39. The van der Waals surface area contributed by atoms with Gasteiger partial charge < -0.3 is 5.32 Å². The fourth-order valence-corrected chi connectivity index (χ4v) is 1.76. The van der Waals surface area contributed by atoms with Crippen molar-refractivity contribution in [3.8, 4) is 0 Å². The minimum atomic E-state index is 1.12. The number of anilines is 1. The van der Waals surface area contributed by atoms with Gasteiger partial charge in [-0.3, -0.25) is 0 Å². The zero-order valence-corrected chi connectivity index (χ0v) is 8.49. The third kappa shape index (κ3) is 3.77. The molecule has 1 rings (SSSR count). The van der Waals surface area contributed by atoms with Crippen molar-refractivity contribution in [3.63, 3.8) is 0 Å². The van der Waals surface area contributed by atoms with Gasteiger partial charge in [-0.05, 0) is 17.9 Å². The predicted octanol–water partition coefficient (Wildman–Crippen LogP) is 3.74. The van der Waals surface area contributed by atoms with Crippen LogP contribution in [0.2, 0.25) is 0 Å². The van der Waals surface area contributed by atoms with Crippen molar-refractivity contribution < 1.29 is 0 Å². The molecule has 0 amide bonds. The number of thiophene rings is 1. The predicted molar refractivity (Wildman–Crippen MR) is 57.0 cm³/mol. The lowest BCUT2D eigenvalue weighted by molar-refractivity contribution is 0.685. The number of rotatable bonds is 6. The van der Waals surface area contributed by atoms with Gasteiger partial charge in [0.05, 0.1) is 0 Å². The molecular formula is C10H17NS. The Balaban J connectivity index is 1.96. The first kappa shape index (κ1) is 9.59. The Hall–Kier alpha value is -0.500. The summed E-state index contributed by atoms with van der Waals surface area (Å²) in [5.41, 5.74) is 1.27. The van der Waals surface area contributed by atoms with Crippen molar-refractivity contribution in [2.75, 3.05) is 11.9 Å². The van der Waals surface area contributed by atoms with E-state index < -0.39 is 0 Å². The fraction of sp³-hybridized carbons (Fsp3) is 0.600. The second-order valence-corrected chi connectivity index (χ2v) is 3.78. The number of unbranched alkanes of at least 4 members (excludes halogenated alkanes) is 3. The maximum Gasteiger partial charge on any atom is 0.0448 e. The molecule has 1 N–H and O–H groups in total. The highest BCUT2D eigenvalue weighted by Gasteiger charge is 1.90. The summed E-state index contributed by atoms with van der Waals surface area (Å²) < 4.78 is 0. The van der Waals surface area contributed by atoms with Gasteiger partial charge in [0.25, 0.3) is 0 Å². The highest BCUT2D eigenvalue weighted by Crippen LogP contribution is 2.11. The lowest BCUT2D eigenvalue weighted by atomic mass is 10.2. The summed E-state index contributed by atoms with van der Waals surface area (Å²) >= 11 is 1.75. The molecule has 0 aliphatic carbocycles. The van der Waals surface area contributed by atoms with Crippen molar-refractivity contribution >= 4 is 17.0 Å². The average Bonchev–Trinajstić information content (AvgIpc) is 2.57. The van der Waals surface area contributed by atoms with Gasteiger partial charge in [0.2, 0.25) is 0 Å². The monoisotopic (exact) mass is 183 g/mol. The summed E-state index contributed by atoms with van der Waals surface area (Å²) in [4.78, 5) is 0. The van der Waals surface area contributed by atoms with Crippen LogP contribution in [0.15, 0.2) is 16.8 Å². The molecule has 0 saturated heterocycles. The smallest absolute Gasteiger partial charge is 0.0448 e. The second-order valence-electron chi connectivity index (χ2n) is 3.00. The molecule has 0 bridgehead atoms. The van der Waals surface area contributed by atoms with E-state index in [0.29, 0.717) is 0 Å². The first-order valence-electron chi connectivity index (χ1n) is 4.69. The normalized spacial score (nSPS) is 10.1. The first-order chi connectivity index (χ1) is 5.93. The molecular weight excluding hydrogens is 166 g/mol. The van der Waals surface area contributed by atoms with Crippen molar-refractivity contribution in [3.05, 3.63) is 16.8 Å². The van der Waals surface area contributed by atoms with Crippen molar-refractivity contribution in [2.45, 2.75) is 32.6 Å². The molecule has 2 heteroatoms. The van der Waals surface area contributed by atoms with E-state index in [1.54, 1.807) is 11.3 Å². The van der Waals surface area contributed by atoms with E-state index in [4.69, 9.17) is 0 Å². The van der Waals surface area contributed by atoms with E-state index >= 15 is 0 Å². The Bertz CT molecular complexity index is 182. The van der Waals surface area contributed by atoms with Crippen molar-refractivity contribution in [2.24, 2.45) is 0 Å². The molecule has 0 unspecified atom stereocenters. The van der Waals surface area contributed by atoms with Gasteiger partial charge in [-0.15, -0.1) is 0 Å². The van der Waals surface area contributed by atoms with E-state index in [-0.39, 0.29) is 0 Å². The molecule has 0 aliphatic heterocycles. The Morgan fingerprint density at radius 2 is 2.25 bits per heavy atom. The zero-order chi connectivity index (χ0) is 8.65. The van der Waals surface area contributed by atoms with Crippen LogP contribution in [0.4, 0.5) is 5.69 Å². The van der Waals surface area contributed by atoms with Crippen LogP contribution < -0.4 is 5.32 Å². The molecule has 0 atom stereocenters. The molecule has 0 aliphatic rings. The number of nitrogens with one attached hydrogen (secondary N) is 1. The molecule has 1 aromatic rings. The molecule has 0 spiro atoms. The molecule has 0 saturated carbocycles. The lowest BCUT2D eigenvalue weighted by Crippen LogP contribution is -1.99. The third-order valence-electron chi connectivity index (χ3n) is 1.88. The summed E-state index contributed by atoms with van der Waals surface area (Å²) in [7, 11) is 0. The molecule has 1 heterocycles. The van der Waals surface area contributed by atoms with Gasteiger partial charge in [0, 0.05) is 17.6 Å². The van der Waals surface area contributed by atoms with Crippen LogP contribution in [0.5, 0.6) is 0 Å². The van der Waals surface area contributed by atoms with Crippen LogP contribution in [0, 0.1) is 0 Å². The molecule has 1 aromatic heterocycles. The third-order valence-corrected chi connectivity index (χ3v) is 2.56. The fourth-order valence-electron chi connectivity index (χ4n) is 1.15. The highest BCUT2D eigenvalue weighted by atomic mass is 32.1. The van der Waals surface area contributed by atoms with Crippen molar-refractivity contribution in [1.82, 2.24) is 0 Å².